The Balaban J connectivity index is 1.61. The number of amides is 1. The van der Waals surface area contributed by atoms with Gasteiger partial charge in [0.1, 0.15) is 0 Å². The van der Waals surface area contributed by atoms with E-state index in [1.54, 1.807) is 7.11 Å². The van der Waals surface area contributed by atoms with Gasteiger partial charge in [-0.3, -0.25) is 4.79 Å². The predicted molar refractivity (Wildman–Crippen MR) is 113 cm³/mol. The van der Waals surface area contributed by atoms with Crippen molar-refractivity contribution in [2.24, 2.45) is 0 Å². The Kier molecular flexibility index (Phi) is 6.90. The monoisotopic (exact) mass is 377 g/mol. The highest BCUT2D eigenvalue weighted by molar-refractivity contribution is 5.90. The molecule has 28 heavy (non-hydrogen) atoms. The lowest BCUT2D eigenvalue weighted by atomic mass is 10.0. The Bertz CT molecular complexity index is 931. The van der Waals surface area contributed by atoms with Crippen molar-refractivity contribution in [2.75, 3.05) is 13.7 Å². The Morgan fingerprint density at radius 1 is 1.00 bits per heavy atom. The van der Waals surface area contributed by atoms with E-state index in [1.807, 2.05) is 42.5 Å². The third-order valence-electron chi connectivity index (χ3n) is 4.70. The minimum atomic E-state index is -0.00130. The normalized spacial score (nSPS) is 10.6. The van der Waals surface area contributed by atoms with Gasteiger partial charge in [0.2, 0.25) is 5.91 Å². The van der Waals surface area contributed by atoms with Crippen LogP contribution < -0.4 is 14.8 Å². The molecule has 4 nitrogen and oxygen atoms in total. The second-order valence-corrected chi connectivity index (χ2v) is 6.78. The van der Waals surface area contributed by atoms with Crippen molar-refractivity contribution in [3.8, 4) is 11.5 Å². The lowest BCUT2D eigenvalue weighted by molar-refractivity contribution is -0.120. The van der Waals surface area contributed by atoms with E-state index in [4.69, 9.17) is 9.47 Å². The molecule has 0 spiro atoms. The van der Waals surface area contributed by atoms with E-state index in [-0.39, 0.29) is 5.91 Å². The number of ether oxygens (including phenoxy) is 2. The molecule has 0 saturated carbocycles. The van der Waals surface area contributed by atoms with E-state index in [1.165, 1.54) is 0 Å². The first-order valence-electron chi connectivity index (χ1n) is 9.74. The van der Waals surface area contributed by atoms with Crippen LogP contribution in [0.4, 0.5) is 0 Å². The lowest BCUT2D eigenvalue weighted by Crippen LogP contribution is -2.24. The van der Waals surface area contributed by atoms with Crippen LogP contribution in [0.2, 0.25) is 0 Å². The van der Waals surface area contributed by atoms with Crippen molar-refractivity contribution in [3.63, 3.8) is 0 Å². The fourth-order valence-corrected chi connectivity index (χ4v) is 3.15. The SMILES string of the molecule is CCCCOc1ccc(CNC(=O)Cc2cccc3ccccc23)cc1OC. The van der Waals surface area contributed by atoms with Crippen LogP contribution in [-0.4, -0.2) is 19.6 Å². The van der Waals surface area contributed by atoms with E-state index in [9.17, 15) is 4.79 Å². The summed E-state index contributed by atoms with van der Waals surface area (Å²) in [6.45, 7) is 3.26. The number of nitrogens with one attached hydrogen (secondary N) is 1. The van der Waals surface area contributed by atoms with Crippen LogP contribution >= 0.6 is 0 Å². The van der Waals surface area contributed by atoms with Crippen molar-refractivity contribution in [2.45, 2.75) is 32.7 Å². The molecular formula is C24H27NO3. The molecule has 1 N–H and O–H groups in total. The quantitative estimate of drug-likeness (QED) is 0.540. The van der Waals surface area contributed by atoms with Crippen LogP contribution in [0.25, 0.3) is 10.8 Å². The first-order chi connectivity index (χ1) is 13.7. The summed E-state index contributed by atoms with van der Waals surface area (Å²) in [4.78, 5) is 12.5. The van der Waals surface area contributed by atoms with Gasteiger partial charge in [-0.05, 0) is 40.5 Å². The number of carbonyl (C=O) groups excluding carboxylic acids is 1. The highest BCUT2D eigenvalue weighted by Gasteiger charge is 2.09. The van der Waals surface area contributed by atoms with Crippen LogP contribution in [0.3, 0.4) is 0 Å². The molecule has 3 aromatic rings. The summed E-state index contributed by atoms with van der Waals surface area (Å²) in [6, 6.07) is 20.0. The third-order valence-corrected chi connectivity index (χ3v) is 4.70. The van der Waals surface area contributed by atoms with Crippen LogP contribution in [-0.2, 0) is 17.8 Å². The number of methoxy groups -OCH3 is 1. The molecule has 0 aliphatic carbocycles. The standard InChI is InChI=1S/C24H27NO3/c1-3-4-14-28-22-13-12-18(15-23(22)27-2)17-25-24(26)16-20-10-7-9-19-8-5-6-11-21(19)20/h5-13,15H,3-4,14,16-17H2,1-2H3,(H,25,26). The minimum absolute atomic E-state index is 0.00130. The van der Waals surface area contributed by atoms with Gasteiger partial charge >= 0.3 is 0 Å². The first-order valence-corrected chi connectivity index (χ1v) is 9.74. The average molecular weight is 377 g/mol. The van der Waals surface area contributed by atoms with Crippen molar-refractivity contribution < 1.29 is 14.3 Å². The molecule has 0 radical (unpaired) electrons. The van der Waals surface area contributed by atoms with Gasteiger partial charge in [0, 0.05) is 6.54 Å². The van der Waals surface area contributed by atoms with Gasteiger partial charge in [-0.1, -0.05) is 61.9 Å². The van der Waals surface area contributed by atoms with Gasteiger partial charge in [-0.25, -0.2) is 0 Å². The van der Waals surface area contributed by atoms with E-state index in [0.29, 0.717) is 25.3 Å². The van der Waals surface area contributed by atoms with E-state index < -0.39 is 0 Å². The molecule has 0 unspecified atom stereocenters. The van der Waals surface area contributed by atoms with Crippen LogP contribution in [0, 0.1) is 0 Å². The number of fused-ring (bicyclic) bond motifs is 1. The Hall–Kier alpha value is -3.01. The topological polar surface area (TPSA) is 47.6 Å². The molecule has 0 heterocycles. The van der Waals surface area contributed by atoms with Crippen molar-refractivity contribution in [1.29, 1.82) is 0 Å². The van der Waals surface area contributed by atoms with Gasteiger partial charge in [-0.2, -0.15) is 0 Å². The number of benzene rings is 3. The lowest BCUT2D eigenvalue weighted by Gasteiger charge is -2.13. The molecule has 0 atom stereocenters. The molecule has 4 heteroatoms. The molecule has 0 fully saturated rings. The van der Waals surface area contributed by atoms with Gasteiger partial charge in [0.05, 0.1) is 20.1 Å². The summed E-state index contributed by atoms with van der Waals surface area (Å²) in [7, 11) is 1.63. The maximum Gasteiger partial charge on any atom is 0.224 e. The fraction of sp³-hybridized carbons (Fsp3) is 0.292. The van der Waals surface area contributed by atoms with Crippen LogP contribution in [0.15, 0.2) is 60.7 Å². The Morgan fingerprint density at radius 3 is 2.64 bits per heavy atom. The highest BCUT2D eigenvalue weighted by Crippen LogP contribution is 2.28. The fourth-order valence-electron chi connectivity index (χ4n) is 3.15. The zero-order valence-electron chi connectivity index (χ0n) is 16.5. The van der Waals surface area contributed by atoms with E-state index >= 15 is 0 Å². The second-order valence-electron chi connectivity index (χ2n) is 6.78. The van der Waals surface area contributed by atoms with Gasteiger partial charge in [-0.15, -0.1) is 0 Å². The molecule has 0 aromatic heterocycles. The molecule has 3 rings (SSSR count). The number of unbranched alkanes of at least 4 members (excludes halogenated alkanes) is 1. The molecule has 0 saturated heterocycles. The molecule has 0 bridgehead atoms. The van der Waals surface area contributed by atoms with Crippen molar-refractivity contribution in [1.82, 2.24) is 5.32 Å². The van der Waals surface area contributed by atoms with E-state index in [2.05, 4.69) is 30.4 Å². The van der Waals surface area contributed by atoms with Crippen molar-refractivity contribution >= 4 is 16.7 Å². The molecule has 0 aliphatic rings. The van der Waals surface area contributed by atoms with Gasteiger partial charge in [0.15, 0.2) is 11.5 Å². The Morgan fingerprint density at radius 2 is 1.82 bits per heavy atom. The highest BCUT2D eigenvalue weighted by atomic mass is 16.5. The van der Waals surface area contributed by atoms with Gasteiger partial charge in [0.25, 0.3) is 0 Å². The van der Waals surface area contributed by atoms with Crippen LogP contribution in [0.1, 0.15) is 30.9 Å². The average Bonchev–Trinajstić information content (AvgIpc) is 2.73. The largest absolute Gasteiger partial charge is 0.493 e. The summed E-state index contributed by atoms with van der Waals surface area (Å²) in [5.41, 5.74) is 2.01. The van der Waals surface area contributed by atoms with Gasteiger partial charge < -0.3 is 14.8 Å². The maximum atomic E-state index is 12.5. The molecule has 0 aliphatic heterocycles. The smallest absolute Gasteiger partial charge is 0.224 e. The molecule has 3 aromatic carbocycles. The molecule has 1 amide bonds. The number of hydrogen-bond acceptors (Lipinski definition) is 3. The number of hydrogen-bond donors (Lipinski definition) is 1. The second kappa shape index (κ2) is 9.79. The number of rotatable bonds is 9. The zero-order valence-corrected chi connectivity index (χ0v) is 16.5. The number of carbonyl (C=O) groups is 1. The third kappa shape index (κ3) is 5.03. The minimum Gasteiger partial charge on any atom is -0.493 e. The van der Waals surface area contributed by atoms with Crippen LogP contribution in [0.5, 0.6) is 11.5 Å². The molecular weight excluding hydrogens is 350 g/mol. The summed E-state index contributed by atoms with van der Waals surface area (Å²) < 4.78 is 11.2. The maximum absolute atomic E-state index is 12.5. The Labute approximate surface area is 166 Å². The summed E-state index contributed by atoms with van der Waals surface area (Å²) in [5, 5.41) is 5.27. The van der Waals surface area contributed by atoms with Crippen molar-refractivity contribution in [3.05, 3.63) is 71.8 Å². The van der Waals surface area contributed by atoms with E-state index in [0.717, 1.165) is 40.5 Å². The first kappa shape index (κ1) is 19.7. The zero-order chi connectivity index (χ0) is 19.8. The summed E-state index contributed by atoms with van der Waals surface area (Å²) in [5.74, 6) is 1.43. The summed E-state index contributed by atoms with van der Waals surface area (Å²) >= 11 is 0. The summed E-state index contributed by atoms with van der Waals surface area (Å²) in [6.07, 6.45) is 2.45. The molecule has 146 valence electrons. The predicted octanol–water partition coefficient (Wildman–Crippen LogP) is 4.89.